The summed E-state index contributed by atoms with van der Waals surface area (Å²) >= 11 is 0. The van der Waals surface area contributed by atoms with Crippen molar-refractivity contribution in [3.63, 3.8) is 0 Å². The molecule has 0 saturated heterocycles. The fourth-order valence-electron chi connectivity index (χ4n) is 3.13. The fourth-order valence-corrected chi connectivity index (χ4v) is 3.13. The van der Waals surface area contributed by atoms with Gasteiger partial charge < -0.3 is 29.6 Å². The van der Waals surface area contributed by atoms with Crippen LogP contribution in [0.5, 0.6) is 23.0 Å². The molecular weight excluding hydrogens is 452 g/mol. The summed E-state index contributed by atoms with van der Waals surface area (Å²) in [4.78, 5) is 24.7. The van der Waals surface area contributed by atoms with E-state index in [-0.39, 0.29) is 37.6 Å². The van der Waals surface area contributed by atoms with Gasteiger partial charge in [0.1, 0.15) is 0 Å². The first-order valence-corrected chi connectivity index (χ1v) is 10.9. The molecule has 0 saturated carbocycles. The Balaban J connectivity index is 1.84. The summed E-state index contributed by atoms with van der Waals surface area (Å²) in [6.07, 6.45) is 1.45. The summed E-state index contributed by atoms with van der Waals surface area (Å²) < 4.78 is 21.4. The van der Waals surface area contributed by atoms with E-state index in [0.717, 1.165) is 6.42 Å². The fraction of sp³-hybridized carbons (Fsp3) is 0.360. The molecule has 2 N–H and O–H groups in total. The van der Waals surface area contributed by atoms with E-state index in [1.54, 1.807) is 24.3 Å². The first-order valence-electron chi connectivity index (χ1n) is 10.9. The van der Waals surface area contributed by atoms with E-state index in [2.05, 4.69) is 10.6 Å². The second-order valence-corrected chi connectivity index (χ2v) is 7.39. The lowest BCUT2D eigenvalue weighted by atomic mass is 10.1. The number of carbonyl (C=O) groups is 2. The highest BCUT2D eigenvalue weighted by atomic mass is 16.5. The Morgan fingerprint density at radius 2 is 1.37 bits per heavy atom. The number of rotatable bonds is 13. The van der Waals surface area contributed by atoms with Gasteiger partial charge in [-0.05, 0) is 30.7 Å². The van der Waals surface area contributed by atoms with E-state index in [1.807, 2.05) is 19.1 Å². The van der Waals surface area contributed by atoms with Crippen LogP contribution in [0.2, 0.25) is 0 Å². The average Bonchev–Trinajstić information content (AvgIpc) is 2.89. The second-order valence-electron chi connectivity index (χ2n) is 7.39. The minimum absolute atomic E-state index is 0.215. The molecule has 10 nitrogen and oxygen atoms in total. The van der Waals surface area contributed by atoms with E-state index < -0.39 is 0 Å². The molecule has 184 valence electrons. The predicted molar refractivity (Wildman–Crippen MR) is 126 cm³/mol. The molecule has 0 bridgehead atoms. The molecule has 2 amide bonds. The maximum Gasteiger partial charge on any atom is 0.258 e. The number of hydrogen-bond acceptors (Lipinski definition) is 8. The lowest BCUT2D eigenvalue weighted by Crippen LogP contribution is -2.46. The Morgan fingerprint density at radius 3 is 1.83 bits per heavy atom. The van der Waals surface area contributed by atoms with Crippen LogP contribution in [0.1, 0.15) is 30.9 Å². The Bertz CT molecular complexity index is 1110. The molecule has 10 heteroatoms. The number of benzene rings is 2. The van der Waals surface area contributed by atoms with Crippen molar-refractivity contribution >= 4 is 11.8 Å². The van der Waals surface area contributed by atoms with E-state index >= 15 is 0 Å². The van der Waals surface area contributed by atoms with Crippen LogP contribution in [-0.4, -0.2) is 51.8 Å². The SMILES string of the molecule is CCCC(CNC(=O)COc1ccc(C#N)cc1OC)NC(=O)COc1ccc(C#N)cc1OC. The largest absolute Gasteiger partial charge is 0.493 e. The molecular formula is C25H28N4O6. The molecule has 0 aliphatic rings. The highest BCUT2D eigenvalue weighted by Crippen LogP contribution is 2.28. The quantitative estimate of drug-likeness (QED) is 0.445. The Labute approximate surface area is 204 Å². The van der Waals surface area contributed by atoms with Crippen molar-refractivity contribution in [1.29, 1.82) is 10.5 Å². The van der Waals surface area contributed by atoms with Gasteiger partial charge in [-0.3, -0.25) is 9.59 Å². The number of nitrogens with one attached hydrogen (secondary N) is 2. The van der Waals surface area contributed by atoms with Crippen molar-refractivity contribution in [2.24, 2.45) is 0 Å². The van der Waals surface area contributed by atoms with Crippen LogP contribution in [-0.2, 0) is 9.59 Å². The summed E-state index contributed by atoms with van der Waals surface area (Å²) in [7, 11) is 2.90. The van der Waals surface area contributed by atoms with Crippen LogP contribution >= 0.6 is 0 Å². The lowest BCUT2D eigenvalue weighted by molar-refractivity contribution is -0.125. The van der Waals surface area contributed by atoms with Gasteiger partial charge >= 0.3 is 0 Å². The highest BCUT2D eigenvalue weighted by Gasteiger charge is 2.15. The first kappa shape index (κ1) is 26.8. The summed E-state index contributed by atoms with van der Waals surface area (Å²) in [5, 5.41) is 23.5. The Kier molecular flexibility index (Phi) is 10.7. The topological polar surface area (TPSA) is 143 Å². The molecule has 2 aromatic carbocycles. The molecule has 0 radical (unpaired) electrons. The van der Waals surface area contributed by atoms with Crippen LogP contribution in [0.15, 0.2) is 36.4 Å². The molecule has 0 aromatic heterocycles. The van der Waals surface area contributed by atoms with Crippen LogP contribution in [0.4, 0.5) is 0 Å². The number of carbonyl (C=O) groups excluding carboxylic acids is 2. The zero-order chi connectivity index (χ0) is 25.6. The number of amides is 2. The molecule has 0 aliphatic carbocycles. The lowest BCUT2D eigenvalue weighted by Gasteiger charge is -2.19. The Morgan fingerprint density at radius 1 is 0.857 bits per heavy atom. The molecule has 2 rings (SSSR count). The number of methoxy groups -OCH3 is 2. The molecule has 1 atom stereocenters. The van der Waals surface area contributed by atoms with Gasteiger partial charge in [0.05, 0.1) is 37.5 Å². The second kappa shape index (κ2) is 14.0. The molecule has 0 heterocycles. The predicted octanol–water partition coefficient (Wildman–Crippen LogP) is 2.31. The van der Waals surface area contributed by atoms with Gasteiger partial charge in [-0.1, -0.05) is 13.3 Å². The maximum atomic E-state index is 12.4. The molecule has 35 heavy (non-hydrogen) atoms. The van der Waals surface area contributed by atoms with Crippen LogP contribution < -0.4 is 29.6 Å². The van der Waals surface area contributed by atoms with Gasteiger partial charge in [0, 0.05) is 24.7 Å². The molecule has 0 fully saturated rings. The van der Waals surface area contributed by atoms with Crippen molar-refractivity contribution in [2.45, 2.75) is 25.8 Å². The van der Waals surface area contributed by atoms with Crippen LogP contribution in [0, 0.1) is 22.7 Å². The number of nitrogens with zero attached hydrogens (tertiary/aromatic N) is 2. The zero-order valence-electron chi connectivity index (χ0n) is 19.9. The third-order valence-electron chi connectivity index (χ3n) is 4.85. The molecule has 0 aliphatic heterocycles. The third kappa shape index (κ3) is 8.45. The van der Waals surface area contributed by atoms with Gasteiger partial charge in [0.2, 0.25) is 0 Å². The number of ether oxygens (including phenoxy) is 4. The van der Waals surface area contributed by atoms with Gasteiger partial charge in [-0.25, -0.2) is 0 Å². The summed E-state index contributed by atoms with van der Waals surface area (Å²) in [5.41, 5.74) is 0.831. The first-order chi connectivity index (χ1) is 16.9. The summed E-state index contributed by atoms with van der Waals surface area (Å²) in [5.74, 6) is 0.667. The van der Waals surface area contributed by atoms with Gasteiger partial charge in [0.25, 0.3) is 11.8 Å². The Hall–Kier alpha value is -4.44. The van der Waals surface area contributed by atoms with Gasteiger partial charge in [-0.15, -0.1) is 0 Å². The van der Waals surface area contributed by atoms with E-state index in [0.29, 0.717) is 40.5 Å². The van der Waals surface area contributed by atoms with Gasteiger partial charge in [0.15, 0.2) is 36.2 Å². The molecule has 1 unspecified atom stereocenters. The van der Waals surface area contributed by atoms with Crippen molar-refractivity contribution in [3.05, 3.63) is 47.5 Å². The average molecular weight is 481 g/mol. The number of nitriles is 2. The van der Waals surface area contributed by atoms with Crippen molar-refractivity contribution in [2.75, 3.05) is 34.0 Å². The van der Waals surface area contributed by atoms with E-state index in [1.165, 1.54) is 26.4 Å². The summed E-state index contributed by atoms with van der Waals surface area (Å²) in [6, 6.07) is 13.0. The maximum absolute atomic E-state index is 12.4. The van der Waals surface area contributed by atoms with E-state index in [4.69, 9.17) is 29.5 Å². The summed E-state index contributed by atoms with van der Waals surface area (Å²) in [6.45, 7) is 1.68. The standard InChI is InChI=1S/C25H28N4O6/c1-4-5-19(29-25(31)16-35-21-9-7-18(13-27)11-23(21)33-3)14-28-24(30)15-34-20-8-6-17(12-26)10-22(20)32-2/h6-11,19H,4-5,14-16H2,1-3H3,(H,28,30)(H,29,31). The van der Waals surface area contributed by atoms with Crippen LogP contribution in [0.3, 0.4) is 0 Å². The minimum atomic E-state index is -0.370. The monoisotopic (exact) mass is 480 g/mol. The van der Waals surface area contributed by atoms with Crippen LogP contribution in [0.25, 0.3) is 0 Å². The van der Waals surface area contributed by atoms with Crippen molar-refractivity contribution in [3.8, 4) is 35.1 Å². The van der Waals surface area contributed by atoms with Crippen molar-refractivity contribution < 1.29 is 28.5 Å². The molecule has 0 spiro atoms. The minimum Gasteiger partial charge on any atom is -0.493 e. The van der Waals surface area contributed by atoms with Crippen molar-refractivity contribution in [1.82, 2.24) is 10.6 Å². The van der Waals surface area contributed by atoms with Gasteiger partial charge in [-0.2, -0.15) is 10.5 Å². The number of hydrogen-bond donors (Lipinski definition) is 2. The molecule has 2 aromatic rings. The van der Waals surface area contributed by atoms with E-state index in [9.17, 15) is 9.59 Å². The third-order valence-corrected chi connectivity index (χ3v) is 4.85. The normalized spacial score (nSPS) is 10.8. The smallest absolute Gasteiger partial charge is 0.258 e. The zero-order valence-corrected chi connectivity index (χ0v) is 19.9. The highest BCUT2D eigenvalue weighted by molar-refractivity contribution is 5.79.